The van der Waals surface area contributed by atoms with E-state index in [4.69, 9.17) is 17.0 Å². The molecule has 6 unspecified atom stereocenters. The lowest BCUT2D eigenvalue weighted by atomic mass is 9.53. The van der Waals surface area contributed by atoms with E-state index < -0.39 is 0 Å². The van der Waals surface area contributed by atoms with Crippen LogP contribution in [0.1, 0.15) is 73.1 Å². The number of allylic oxidation sites excluding steroid dienone is 2. The molecule has 3 nitrogen and oxygen atoms in total. The molecule has 0 aromatic carbocycles. The van der Waals surface area contributed by atoms with Gasteiger partial charge >= 0.3 is 0 Å². The number of hydrogen-bond donors (Lipinski definition) is 0. The fraction of sp³-hybridized carbons (Fsp3) is 0.818. The quantitative estimate of drug-likeness (QED) is 0.362. The van der Waals surface area contributed by atoms with Crippen LogP contribution in [-0.4, -0.2) is 22.4 Å². The zero-order valence-electron chi connectivity index (χ0n) is 16.8. The van der Waals surface area contributed by atoms with Crippen LogP contribution in [0, 0.1) is 34.5 Å². The van der Waals surface area contributed by atoms with Gasteiger partial charge in [0.2, 0.25) is 0 Å². The number of aliphatic imine (C=N–C) groups is 1. The Balaban J connectivity index is 1.88. The molecule has 0 spiro atoms. The van der Waals surface area contributed by atoms with Gasteiger partial charge in [0.15, 0.2) is 0 Å². The summed E-state index contributed by atoms with van der Waals surface area (Å²) in [6.45, 7) is 10.9. The molecule has 1 saturated heterocycles. The Morgan fingerprint density at radius 2 is 1.96 bits per heavy atom. The van der Waals surface area contributed by atoms with E-state index in [0.29, 0.717) is 17.8 Å². The van der Waals surface area contributed by atoms with Crippen LogP contribution in [0.5, 0.6) is 0 Å². The van der Waals surface area contributed by atoms with Gasteiger partial charge in [-0.25, -0.2) is 4.99 Å². The van der Waals surface area contributed by atoms with Crippen LogP contribution in [0.4, 0.5) is 0 Å². The third-order valence-corrected chi connectivity index (χ3v) is 7.62. The van der Waals surface area contributed by atoms with Gasteiger partial charge in [-0.3, -0.25) is 0 Å². The molecule has 0 radical (unpaired) electrons. The molecule has 2 fully saturated rings. The largest absolute Gasteiger partial charge is 0.369 e. The summed E-state index contributed by atoms with van der Waals surface area (Å²) >= 11 is 4.84. The Hall–Kier alpha value is -1.01. The Labute approximate surface area is 163 Å². The topological polar surface area (TPSA) is 45.4 Å². The highest BCUT2D eigenvalue weighted by molar-refractivity contribution is 7.78. The van der Waals surface area contributed by atoms with E-state index in [9.17, 15) is 5.26 Å². The molecular formula is C22H32N2OS. The van der Waals surface area contributed by atoms with Crippen LogP contribution >= 0.6 is 12.2 Å². The highest BCUT2D eigenvalue weighted by Gasteiger charge is 2.55. The van der Waals surface area contributed by atoms with E-state index in [-0.39, 0.29) is 22.7 Å². The van der Waals surface area contributed by atoms with E-state index in [1.54, 1.807) is 0 Å². The van der Waals surface area contributed by atoms with Crippen molar-refractivity contribution in [1.29, 1.82) is 5.26 Å². The molecule has 1 heterocycles. The molecule has 0 aromatic rings. The van der Waals surface area contributed by atoms with E-state index in [2.05, 4.69) is 56.9 Å². The van der Waals surface area contributed by atoms with Crippen LogP contribution < -0.4 is 0 Å². The molecule has 3 aliphatic rings. The number of ether oxygens (including phenoxy) is 1. The number of thiocarbonyl (C=S) groups is 1. The molecule has 1 aliphatic heterocycles. The first-order valence-electron chi connectivity index (χ1n) is 10.0. The summed E-state index contributed by atoms with van der Waals surface area (Å²) in [6.07, 6.45) is 8.92. The maximum atomic E-state index is 9.85. The summed E-state index contributed by atoms with van der Waals surface area (Å²) in [5.74, 6) is 1.37. The zero-order chi connectivity index (χ0) is 19.2. The van der Waals surface area contributed by atoms with Crippen LogP contribution in [0.25, 0.3) is 0 Å². The number of hydrogen-bond acceptors (Lipinski definition) is 4. The van der Waals surface area contributed by atoms with Crippen LogP contribution in [0.2, 0.25) is 0 Å². The van der Waals surface area contributed by atoms with Gasteiger partial charge in [-0.05, 0) is 103 Å². The Morgan fingerprint density at radius 3 is 2.62 bits per heavy atom. The second kappa shape index (κ2) is 6.86. The highest BCUT2D eigenvalue weighted by Crippen LogP contribution is 2.57. The van der Waals surface area contributed by atoms with Gasteiger partial charge in [0.25, 0.3) is 0 Å². The number of nitriles is 1. The van der Waals surface area contributed by atoms with Crippen molar-refractivity contribution in [2.45, 2.75) is 90.4 Å². The van der Waals surface area contributed by atoms with Gasteiger partial charge in [0.05, 0.1) is 33.9 Å². The third-order valence-electron chi connectivity index (χ3n) is 7.52. The van der Waals surface area contributed by atoms with Gasteiger partial charge in [-0.2, -0.15) is 5.26 Å². The minimum absolute atomic E-state index is 0.0827. The van der Waals surface area contributed by atoms with Crippen molar-refractivity contribution in [2.24, 2.45) is 28.2 Å². The van der Waals surface area contributed by atoms with Gasteiger partial charge in [-0.15, -0.1) is 0 Å². The summed E-state index contributed by atoms with van der Waals surface area (Å²) in [5.41, 5.74) is 0.801. The SMILES string of the molecule is CC1=CC2C(CC1)C(C)(C#N)CCC2C1(C)CCC(C(C)(C)N=C=S)O1. The molecule has 4 heteroatoms. The number of nitrogens with zero attached hydrogens (tertiary/aromatic N) is 2. The van der Waals surface area contributed by atoms with Crippen LogP contribution in [0.3, 0.4) is 0 Å². The normalized spacial score (nSPS) is 43.0. The molecule has 0 N–H and O–H groups in total. The Morgan fingerprint density at radius 1 is 1.23 bits per heavy atom. The molecular weight excluding hydrogens is 340 g/mol. The first-order valence-corrected chi connectivity index (χ1v) is 10.4. The van der Waals surface area contributed by atoms with Crippen molar-refractivity contribution in [3.63, 3.8) is 0 Å². The van der Waals surface area contributed by atoms with Crippen LogP contribution in [-0.2, 0) is 4.74 Å². The van der Waals surface area contributed by atoms with E-state index in [1.807, 2.05) is 0 Å². The third kappa shape index (κ3) is 3.31. The number of isothiocyanates is 1. The van der Waals surface area contributed by atoms with Crippen molar-refractivity contribution in [3.8, 4) is 6.07 Å². The molecule has 142 valence electrons. The molecule has 0 amide bonds. The molecule has 26 heavy (non-hydrogen) atoms. The van der Waals surface area contributed by atoms with Gasteiger partial charge in [0.1, 0.15) is 0 Å². The Bertz CT molecular complexity index is 687. The average Bonchev–Trinajstić information content (AvgIpc) is 2.99. The smallest absolute Gasteiger partial charge is 0.0915 e. The van der Waals surface area contributed by atoms with Crippen LogP contribution in [0.15, 0.2) is 16.6 Å². The van der Waals surface area contributed by atoms with Crippen molar-refractivity contribution < 1.29 is 4.74 Å². The first kappa shape index (κ1) is 19.7. The summed E-state index contributed by atoms with van der Waals surface area (Å²) in [7, 11) is 0. The minimum Gasteiger partial charge on any atom is -0.369 e. The maximum absolute atomic E-state index is 9.85. The standard InChI is InChI=1S/C22H32N2OS/c1-15-6-7-17-16(12-15)18(8-10-21(17,4)13-23)22(5)11-9-19(25-22)20(2,3)24-14-26/h12,16-19H,6-11H2,1-5H3. The van der Waals surface area contributed by atoms with Gasteiger partial charge in [0, 0.05) is 0 Å². The lowest BCUT2D eigenvalue weighted by molar-refractivity contribution is -0.121. The summed E-state index contributed by atoms with van der Waals surface area (Å²) in [5, 5.41) is 12.4. The number of rotatable bonds is 3. The van der Waals surface area contributed by atoms with E-state index in [1.165, 1.54) is 5.57 Å². The van der Waals surface area contributed by atoms with Crippen molar-refractivity contribution in [3.05, 3.63) is 11.6 Å². The maximum Gasteiger partial charge on any atom is 0.0915 e. The van der Waals surface area contributed by atoms with Gasteiger partial charge in [-0.1, -0.05) is 11.6 Å². The van der Waals surface area contributed by atoms with Crippen molar-refractivity contribution in [2.75, 3.05) is 0 Å². The van der Waals surface area contributed by atoms with Gasteiger partial charge < -0.3 is 4.74 Å². The first-order chi connectivity index (χ1) is 12.1. The lowest BCUT2D eigenvalue weighted by Gasteiger charge is -2.52. The van der Waals surface area contributed by atoms with E-state index >= 15 is 0 Å². The molecule has 1 saturated carbocycles. The van der Waals surface area contributed by atoms with Crippen molar-refractivity contribution in [1.82, 2.24) is 0 Å². The zero-order valence-corrected chi connectivity index (χ0v) is 17.7. The minimum atomic E-state index is -0.326. The highest BCUT2D eigenvalue weighted by atomic mass is 32.1. The Kier molecular flexibility index (Phi) is 5.21. The fourth-order valence-corrected chi connectivity index (χ4v) is 5.98. The molecule has 0 bridgehead atoms. The molecule has 2 aliphatic carbocycles. The second-order valence-corrected chi connectivity index (χ2v) is 9.91. The molecule has 0 aromatic heterocycles. The summed E-state index contributed by atoms with van der Waals surface area (Å²) in [4.78, 5) is 4.36. The monoisotopic (exact) mass is 372 g/mol. The summed E-state index contributed by atoms with van der Waals surface area (Å²) in [6, 6.07) is 2.66. The summed E-state index contributed by atoms with van der Waals surface area (Å²) < 4.78 is 6.70. The molecule has 6 atom stereocenters. The average molecular weight is 373 g/mol. The van der Waals surface area contributed by atoms with E-state index in [0.717, 1.165) is 38.5 Å². The second-order valence-electron chi connectivity index (χ2n) is 9.72. The lowest BCUT2D eigenvalue weighted by Crippen LogP contribution is -2.50. The predicted octanol–water partition coefficient (Wildman–Crippen LogP) is 5.72. The number of fused-ring (bicyclic) bond motifs is 1. The molecule has 3 rings (SSSR count). The predicted molar refractivity (Wildman–Crippen MR) is 108 cm³/mol. The fourth-order valence-electron chi connectivity index (χ4n) is 5.75. The van der Waals surface area contributed by atoms with Crippen molar-refractivity contribution >= 4 is 17.4 Å².